The van der Waals surface area contributed by atoms with Crippen molar-refractivity contribution in [3.05, 3.63) is 23.2 Å². The van der Waals surface area contributed by atoms with Gasteiger partial charge in [0.1, 0.15) is 0 Å². The number of hydrogen-bond donors (Lipinski definition) is 0. The van der Waals surface area contributed by atoms with Crippen molar-refractivity contribution in [3.8, 4) is 0 Å². The smallest absolute Gasteiger partial charge is 0.0191 e. The number of thioether (sulfide) groups is 1. The van der Waals surface area contributed by atoms with Crippen LogP contribution in [0.4, 0.5) is 0 Å². The highest BCUT2D eigenvalue weighted by atomic mass is 32.2. The normalized spacial score (nSPS) is 17.4. The van der Waals surface area contributed by atoms with Gasteiger partial charge in [-0.3, -0.25) is 0 Å². The minimum atomic E-state index is 1.06. The first-order chi connectivity index (χ1) is 3.93. The largest absolute Gasteiger partial charge is 0.353 e. The number of nitrogens with zero attached hydrogens (tertiary/aromatic N) is 1. The van der Waals surface area contributed by atoms with Crippen LogP contribution in [0.3, 0.4) is 0 Å². The molecule has 2 heteroatoms. The molecule has 8 heavy (non-hydrogen) atoms. The van der Waals surface area contributed by atoms with Crippen LogP contribution in [0.1, 0.15) is 6.92 Å². The van der Waals surface area contributed by atoms with Gasteiger partial charge in [-0.2, -0.15) is 0 Å². The molecule has 1 rings (SSSR count). The molecule has 0 unspecified atom stereocenters. The topological polar surface area (TPSA) is 3.24 Å². The third kappa shape index (κ3) is 1.30. The Morgan fingerprint density at radius 3 is 2.38 bits per heavy atom. The van der Waals surface area contributed by atoms with Crippen LogP contribution in [0.5, 0.6) is 0 Å². The molecule has 1 heterocycles. The van der Waals surface area contributed by atoms with E-state index >= 15 is 0 Å². The molecule has 0 aliphatic carbocycles. The van der Waals surface area contributed by atoms with Crippen LogP contribution in [-0.4, -0.2) is 11.4 Å². The van der Waals surface area contributed by atoms with E-state index in [4.69, 9.17) is 0 Å². The second-order valence-corrected chi connectivity index (χ2v) is 2.35. The summed E-state index contributed by atoms with van der Waals surface area (Å²) in [6.07, 6.45) is 4.15. The average molecular weight is 127 g/mol. The van der Waals surface area contributed by atoms with Crippen molar-refractivity contribution in [2.45, 2.75) is 6.92 Å². The average Bonchev–Trinajstić information content (AvgIpc) is 1.90. The Bertz CT molecular complexity index is 106. The van der Waals surface area contributed by atoms with Crippen molar-refractivity contribution in [2.75, 3.05) is 6.54 Å². The first kappa shape index (κ1) is 5.76. The molecular weight excluding hydrogens is 118 g/mol. The molecule has 0 spiro atoms. The monoisotopic (exact) mass is 127 g/mol. The summed E-state index contributed by atoms with van der Waals surface area (Å²) in [4.78, 5) is 2.14. The molecular formula is C6H9NS. The highest BCUT2D eigenvalue weighted by molar-refractivity contribution is 8.04. The first-order valence-electron chi connectivity index (χ1n) is 2.68. The van der Waals surface area contributed by atoms with Crippen LogP contribution in [0.2, 0.25) is 0 Å². The fraction of sp³-hybridized carbons (Fsp3) is 0.333. The summed E-state index contributed by atoms with van der Waals surface area (Å²) < 4.78 is 0. The van der Waals surface area contributed by atoms with Crippen LogP contribution in [0, 0.1) is 0 Å². The van der Waals surface area contributed by atoms with Gasteiger partial charge in [-0.25, -0.2) is 0 Å². The molecule has 0 aromatic heterocycles. The van der Waals surface area contributed by atoms with Crippen LogP contribution in [0.25, 0.3) is 0 Å². The van der Waals surface area contributed by atoms with E-state index in [0.29, 0.717) is 0 Å². The maximum Gasteiger partial charge on any atom is 0.0191 e. The Morgan fingerprint density at radius 1 is 1.38 bits per heavy atom. The molecule has 0 amide bonds. The fourth-order valence-electron chi connectivity index (χ4n) is 0.532. The second kappa shape index (κ2) is 2.82. The maximum absolute atomic E-state index is 2.14. The van der Waals surface area contributed by atoms with Crippen LogP contribution >= 0.6 is 11.8 Å². The predicted molar refractivity (Wildman–Crippen MR) is 38.3 cm³/mol. The second-order valence-electron chi connectivity index (χ2n) is 1.54. The zero-order valence-electron chi connectivity index (χ0n) is 4.87. The van der Waals surface area contributed by atoms with Crippen molar-refractivity contribution in [3.63, 3.8) is 0 Å². The summed E-state index contributed by atoms with van der Waals surface area (Å²) >= 11 is 1.71. The van der Waals surface area contributed by atoms with E-state index in [-0.39, 0.29) is 0 Å². The van der Waals surface area contributed by atoms with Gasteiger partial charge in [0.15, 0.2) is 0 Å². The lowest BCUT2D eigenvalue weighted by Gasteiger charge is -2.13. The van der Waals surface area contributed by atoms with E-state index in [9.17, 15) is 0 Å². The van der Waals surface area contributed by atoms with Crippen LogP contribution in [0.15, 0.2) is 23.2 Å². The maximum atomic E-state index is 2.14. The van der Waals surface area contributed by atoms with Gasteiger partial charge in [0.05, 0.1) is 0 Å². The molecule has 0 bridgehead atoms. The summed E-state index contributed by atoms with van der Waals surface area (Å²) in [5.41, 5.74) is 0. The van der Waals surface area contributed by atoms with Crippen LogP contribution in [-0.2, 0) is 0 Å². The molecule has 0 aromatic rings. The Balaban J connectivity index is 2.42. The van der Waals surface area contributed by atoms with Crippen molar-refractivity contribution in [1.82, 2.24) is 4.90 Å². The highest BCUT2D eigenvalue weighted by Gasteiger charge is 1.90. The van der Waals surface area contributed by atoms with E-state index in [1.807, 2.05) is 0 Å². The summed E-state index contributed by atoms with van der Waals surface area (Å²) in [6, 6.07) is 0. The lowest BCUT2D eigenvalue weighted by atomic mass is 10.6. The van der Waals surface area contributed by atoms with Gasteiger partial charge in [-0.1, -0.05) is 0 Å². The third-order valence-electron chi connectivity index (χ3n) is 1.03. The summed E-state index contributed by atoms with van der Waals surface area (Å²) in [6.45, 7) is 3.19. The molecule has 1 nitrogen and oxygen atoms in total. The van der Waals surface area contributed by atoms with Gasteiger partial charge in [-0.05, 0) is 17.7 Å². The lowest BCUT2D eigenvalue weighted by Crippen LogP contribution is -2.08. The molecule has 0 saturated carbocycles. The first-order valence-corrected chi connectivity index (χ1v) is 3.62. The van der Waals surface area contributed by atoms with E-state index < -0.39 is 0 Å². The van der Waals surface area contributed by atoms with Gasteiger partial charge in [0, 0.05) is 18.9 Å². The molecule has 0 saturated heterocycles. The molecule has 44 valence electrons. The zero-order chi connectivity index (χ0) is 5.82. The predicted octanol–water partition coefficient (Wildman–Crippen LogP) is 2.00. The van der Waals surface area contributed by atoms with Crippen LogP contribution < -0.4 is 0 Å². The van der Waals surface area contributed by atoms with Gasteiger partial charge < -0.3 is 4.90 Å². The van der Waals surface area contributed by atoms with Gasteiger partial charge in [0.2, 0.25) is 0 Å². The third-order valence-corrected chi connectivity index (χ3v) is 1.58. The zero-order valence-corrected chi connectivity index (χ0v) is 5.69. The minimum absolute atomic E-state index is 1.06. The number of rotatable bonds is 1. The Kier molecular flexibility index (Phi) is 2.03. The van der Waals surface area contributed by atoms with Crippen molar-refractivity contribution in [1.29, 1.82) is 0 Å². The van der Waals surface area contributed by atoms with E-state index in [1.165, 1.54) is 0 Å². The van der Waals surface area contributed by atoms with Crippen molar-refractivity contribution in [2.24, 2.45) is 0 Å². The summed E-state index contributed by atoms with van der Waals surface area (Å²) in [5.74, 6) is 0. The fourth-order valence-corrected chi connectivity index (χ4v) is 1.08. The van der Waals surface area contributed by atoms with Crippen molar-refractivity contribution >= 4 is 11.8 Å². The Morgan fingerprint density at radius 2 is 2.00 bits per heavy atom. The molecule has 0 aromatic carbocycles. The molecule has 1 aliphatic rings. The molecule has 0 N–H and O–H groups in total. The van der Waals surface area contributed by atoms with Gasteiger partial charge in [0.25, 0.3) is 0 Å². The molecule has 0 atom stereocenters. The molecule has 0 radical (unpaired) electrons. The molecule has 1 aliphatic heterocycles. The summed E-state index contributed by atoms with van der Waals surface area (Å²) in [7, 11) is 0. The highest BCUT2D eigenvalue weighted by Crippen LogP contribution is 2.11. The standard InChI is InChI=1S/C6H9NS/c1-2-7-3-5-8-6-4-7/h3-6H,2H2,1H3. The quantitative estimate of drug-likeness (QED) is 0.530. The lowest BCUT2D eigenvalue weighted by molar-refractivity contribution is 0.538. The Labute approximate surface area is 54.1 Å². The van der Waals surface area contributed by atoms with E-state index in [2.05, 4.69) is 35.0 Å². The van der Waals surface area contributed by atoms with Gasteiger partial charge >= 0.3 is 0 Å². The minimum Gasteiger partial charge on any atom is -0.353 e. The van der Waals surface area contributed by atoms with Gasteiger partial charge in [-0.15, -0.1) is 11.8 Å². The Hall–Kier alpha value is -0.370. The van der Waals surface area contributed by atoms with E-state index in [0.717, 1.165) is 6.54 Å². The van der Waals surface area contributed by atoms with E-state index in [1.54, 1.807) is 11.8 Å². The number of hydrogen-bond acceptors (Lipinski definition) is 2. The van der Waals surface area contributed by atoms with Crippen molar-refractivity contribution < 1.29 is 0 Å². The summed E-state index contributed by atoms with van der Waals surface area (Å²) in [5, 5.41) is 4.15. The SMILES string of the molecule is CCN1C=CSC=C1. The molecule has 0 fully saturated rings.